The first-order valence-corrected chi connectivity index (χ1v) is 7.26. The summed E-state index contributed by atoms with van der Waals surface area (Å²) in [5.74, 6) is -0.231. The topological polar surface area (TPSA) is 12.0 Å². The van der Waals surface area contributed by atoms with Gasteiger partial charge in [-0.05, 0) is 48.3 Å². The molecule has 3 heteroatoms. The van der Waals surface area contributed by atoms with E-state index in [1.165, 1.54) is 12.5 Å². The van der Waals surface area contributed by atoms with Gasteiger partial charge in [0.05, 0.1) is 5.69 Å². The Bertz CT molecular complexity index is 452. The van der Waals surface area contributed by atoms with E-state index in [0.717, 1.165) is 12.8 Å². The molecule has 1 aliphatic carbocycles. The molecule has 1 aromatic carbocycles. The van der Waals surface area contributed by atoms with Crippen LogP contribution in [0.4, 0.5) is 10.1 Å². The Hall–Kier alpha value is -0.760. The summed E-state index contributed by atoms with van der Waals surface area (Å²) in [4.78, 5) is 0. The van der Waals surface area contributed by atoms with Crippen LogP contribution in [-0.2, 0) is 0 Å². The minimum Gasteiger partial charge on any atom is -0.380 e. The van der Waals surface area contributed by atoms with E-state index in [9.17, 15) is 4.39 Å². The number of hydrogen-bond donors (Lipinski definition) is 1. The van der Waals surface area contributed by atoms with Crippen molar-refractivity contribution >= 4 is 17.3 Å². The van der Waals surface area contributed by atoms with Crippen molar-refractivity contribution < 1.29 is 4.39 Å². The zero-order chi connectivity index (χ0) is 14.3. The van der Waals surface area contributed by atoms with Gasteiger partial charge in [-0.25, -0.2) is 4.39 Å². The molecule has 2 rings (SSSR count). The van der Waals surface area contributed by atoms with Crippen LogP contribution in [0.2, 0.25) is 5.02 Å². The normalized spacial score (nSPS) is 22.2. The first-order valence-electron chi connectivity index (χ1n) is 6.89. The molecule has 0 spiro atoms. The Kier molecular flexibility index (Phi) is 3.83. The highest BCUT2D eigenvalue weighted by Crippen LogP contribution is 2.46. The average Bonchev–Trinajstić information content (AvgIpc) is 2.18. The molecular weight excluding hydrogens is 261 g/mol. The van der Waals surface area contributed by atoms with Crippen LogP contribution >= 0.6 is 11.6 Å². The maximum Gasteiger partial charge on any atom is 0.146 e. The van der Waals surface area contributed by atoms with Crippen molar-refractivity contribution in [3.8, 4) is 0 Å². The average molecular weight is 284 g/mol. The fraction of sp³-hybridized carbons (Fsp3) is 0.625. The van der Waals surface area contributed by atoms with Crippen LogP contribution in [-0.4, -0.2) is 6.04 Å². The smallest absolute Gasteiger partial charge is 0.146 e. The lowest BCUT2D eigenvalue weighted by Gasteiger charge is -2.45. The summed E-state index contributed by atoms with van der Waals surface area (Å²) >= 11 is 5.94. The van der Waals surface area contributed by atoms with Crippen LogP contribution < -0.4 is 5.32 Å². The van der Waals surface area contributed by atoms with Gasteiger partial charge in [0.15, 0.2) is 0 Å². The summed E-state index contributed by atoms with van der Waals surface area (Å²) < 4.78 is 13.8. The molecule has 0 aliphatic heterocycles. The van der Waals surface area contributed by atoms with Crippen LogP contribution in [0, 0.1) is 16.6 Å². The van der Waals surface area contributed by atoms with Gasteiger partial charge in [-0.15, -0.1) is 0 Å². The third-order valence-corrected chi connectivity index (χ3v) is 4.08. The Morgan fingerprint density at radius 1 is 1.16 bits per heavy atom. The fourth-order valence-electron chi connectivity index (χ4n) is 3.78. The van der Waals surface area contributed by atoms with Gasteiger partial charge in [-0.1, -0.05) is 39.3 Å². The van der Waals surface area contributed by atoms with E-state index in [1.807, 2.05) is 0 Å². The molecule has 0 heterocycles. The molecule has 0 atom stereocenters. The highest BCUT2D eigenvalue weighted by Gasteiger charge is 2.38. The number of hydrogen-bond acceptors (Lipinski definition) is 1. The van der Waals surface area contributed by atoms with Gasteiger partial charge in [0, 0.05) is 11.1 Å². The van der Waals surface area contributed by atoms with Crippen molar-refractivity contribution in [3.63, 3.8) is 0 Å². The standard InChI is InChI=1S/C16H23ClFN/c1-15(2)8-12(9-16(3,4)10-15)19-14-7-11(17)5-6-13(14)18/h5-7,12,19H,8-10H2,1-4H3. The Labute approximate surface area is 120 Å². The van der Waals surface area contributed by atoms with Gasteiger partial charge < -0.3 is 5.32 Å². The lowest BCUT2D eigenvalue weighted by molar-refractivity contribution is 0.105. The molecule has 1 fully saturated rings. The zero-order valence-electron chi connectivity index (χ0n) is 12.2. The summed E-state index contributed by atoms with van der Waals surface area (Å²) in [5, 5.41) is 3.91. The molecule has 0 bridgehead atoms. The van der Waals surface area contributed by atoms with Crippen LogP contribution in [0.1, 0.15) is 47.0 Å². The molecule has 0 aromatic heterocycles. The van der Waals surface area contributed by atoms with E-state index in [2.05, 4.69) is 33.0 Å². The first-order chi connectivity index (χ1) is 8.67. The number of rotatable bonds is 2. The molecule has 1 N–H and O–H groups in total. The summed E-state index contributed by atoms with van der Waals surface area (Å²) in [5.41, 5.74) is 1.09. The third-order valence-electron chi connectivity index (χ3n) is 3.84. The third kappa shape index (κ3) is 3.85. The first kappa shape index (κ1) is 14.6. The highest BCUT2D eigenvalue weighted by molar-refractivity contribution is 6.30. The monoisotopic (exact) mass is 283 g/mol. The van der Waals surface area contributed by atoms with E-state index < -0.39 is 0 Å². The molecule has 0 saturated heterocycles. The summed E-state index contributed by atoms with van der Waals surface area (Å²) in [6, 6.07) is 4.97. The maximum absolute atomic E-state index is 13.8. The van der Waals surface area contributed by atoms with Gasteiger partial charge in [0.25, 0.3) is 0 Å². The largest absolute Gasteiger partial charge is 0.380 e. The Morgan fingerprint density at radius 2 is 1.74 bits per heavy atom. The van der Waals surface area contributed by atoms with Crippen molar-refractivity contribution in [1.82, 2.24) is 0 Å². The molecular formula is C16H23ClFN. The van der Waals surface area contributed by atoms with Gasteiger partial charge >= 0.3 is 0 Å². The van der Waals surface area contributed by atoms with Crippen molar-refractivity contribution in [2.24, 2.45) is 10.8 Å². The lowest BCUT2D eigenvalue weighted by atomic mass is 9.63. The summed E-state index contributed by atoms with van der Waals surface area (Å²) in [6.07, 6.45) is 3.32. The molecule has 0 amide bonds. The van der Waals surface area contributed by atoms with Crippen molar-refractivity contribution in [2.75, 3.05) is 5.32 Å². The van der Waals surface area contributed by atoms with Crippen LogP contribution in [0.5, 0.6) is 0 Å². The molecule has 19 heavy (non-hydrogen) atoms. The van der Waals surface area contributed by atoms with Crippen molar-refractivity contribution in [3.05, 3.63) is 29.0 Å². The molecule has 0 radical (unpaired) electrons. The highest BCUT2D eigenvalue weighted by atomic mass is 35.5. The maximum atomic E-state index is 13.8. The van der Waals surface area contributed by atoms with Crippen LogP contribution in [0.3, 0.4) is 0 Å². The zero-order valence-corrected chi connectivity index (χ0v) is 12.9. The Balaban J connectivity index is 2.16. The number of benzene rings is 1. The van der Waals surface area contributed by atoms with Gasteiger partial charge in [0.1, 0.15) is 5.82 Å². The van der Waals surface area contributed by atoms with E-state index in [0.29, 0.717) is 16.8 Å². The Morgan fingerprint density at radius 3 is 2.32 bits per heavy atom. The van der Waals surface area contributed by atoms with Gasteiger partial charge in [-0.3, -0.25) is 0 Å². The molecule has 1 aromatic rings. The minimum absolute atomic E-state index is 0.231. The van der Waals surface area contributed by atoms with Crippen LogP contribution in [0.15, 0.2) is 18.2 Å². The second kappa shape index (κ2) is 4.97. The predicted octanol–water partition coefficient (Wildman–Crippen LogP) is 5.50. The molecule has 1 aliphatic rings. The van der Waals surface area contributed by atoms with Gasteiger partial charge in [0.2, 0.25) is 0 Å². The molecule has 1 saturated carbocycles. The minimum atomic E-state index is -0.231. The number of nitrogens with one attached hydrogen (secondary N) is 1. The van der Waals surface area contributed by atoms with E-state index in [4.69, 9.17) is 11.6 Å². The molecule has 106 valence electrons. The second-order valence-corrected chi connectivity index (χ2v) is 7.82. The molecule has 0 unspecified atom stereocenters. The van der Waals surface area contributed by atoms with E-state index >= 15 is 0 Å². The SMILES string of the molecule is CC1(C)CC(Nc2cc(Cl)ccc2F)CC(C)(C)C1. The summed E-state index contributed by atoms with van der Waals surface area (Å²) in [7, 11) is 0. The quantitative estimate of drug-likeness (QED) is 0.756. The van der Waals surface area contributed by atoms with Crippen molar-refractivity contribution in [1.29, 1.82) is 0 Å². The molecule has 1 nitrogen and oxygen atoms in total. The second-order valence-electron chi connectivity index (χ2n) is 7.38. The number of halogens is 2. The lowest BCUT2D eigenvalue weighted by Crippen LogP contribution is -2.40. The van der Waals surface area contributed by atoms with Crippen LogP contribution in [0.25, 0.3) is 0 Å². The van der Waals surface area contributed by atoms with Crippen molar-refractivity contribution in [2.45, 2.75) is 53.0 Å². The summed E-state index contributed by atoms with van der Waals surface area (Å²) in [6.45, 7) is 9.15. The number of anilines is 1. The predicted molar refractivity (Wildman–Crippen MR) is 80.2 cm³/mol. The van der Waals surface area contributed by atoms with Gasteiger partial charge in [-0.2, -0.15) is 0 Å². The van der Waals surface area contributed by atoms with E-state index in [1.54, 1.807) is 12.1 Å². The fourth-order valence-corrected chi connectivity index (χ4v) is 3.95. The van der Waals surface area contributed by atoms with E-state index in [-0.39, 0.29) is 16.6 Å².